The van der Waals surface area contributed by atoms with Gasteiger partial charge in [0.1, 0.15) is 5.37 Å². The van der Waals surface area contributed by atoms with Gasteiger partial charge in [-0.15, -0.1) is 0 Å². The van der Waals surface area contributed by atoms with Crippen LogP contribution in [0.1, 0.15) is 5.56 Å². The normalized spacial score (nSPS) is 12.7. The van der Waals surface area contributed by atoms with Gasteiger partial charge in [-0.1, -0.05) is 95.1 Å². The van der Waals surface area contributed by atoms with Crippen LogP contribution in [0.2, 0.25) is 0 Å². The SMILES string of the molecule is O=C(Cc1ccccc1)NC(Sc1ccccc1)C(Cl)(Cl)Cl. The van der Waals surface area contributed by atoms with Gasteiger partial charge in [0.15, 0.2) is 0 Å². The van der Waals surface area contributed by atoms with Crippen LogP contribution in [0.3, 0.4) is 0 Å². The van der Waals surface area contributed by atoms with E-state index in [-0.39, 0.29) is 12.3 Å². The topological polar surface area (TPSA) is 29.1 Å². The summed E-state index contributed by atoms with van der Waals surface area (Å²) in [5.74, 6) is -0.189. The predicted octanol–water partition coefficient (Wildman–Crippen LogP) is 4.83. The van der Waals surface area contributed by atoms with Crippen LogP contribution in [0.25, 0.3) is 0 Å². The Bertz CT molecular complexity index is 602. The van der Waals surface area contributed by atoms with Crippen LogP contribution in [0.4, 0.5) is 0 Å². The Morgan fingerprint density at radius 1 is 1.00 bits per heavy atom. The molecule has 0 heterocycles. The third-order valence-electron chi connectivity index (χ3n) is 2.79. The molecule has 0 saturated heterocycles. The molecule has 0 aliphatic heterocycles. The number of carbonyl (C=O) groups excluding carboxylic acids is 1. The van der Waals surface area contributed by atoms with Crippen molar-refractivity contribution in [2.75, 3.05) is 0 Å². The van der Waals surface area contributed by atoms with E-state index in [1.165, 1.54) is 11.8 Å². The number of carbonyl (C=O) groups is 1. The number of nitrogens with one attached hydrogen (secondary N) is 1. The molecule has 2 nitrogen and oxygen atoms in total. The van der Waals surface area contributed by atoms with Gasteiger partial charge in [-0.25, -0.2) is 0 Å². The van der Waals surface area contributed by atoms with Gasteiger partial charge in [-0.05, 0) is 17.7 Å². The summed E-state index contributed by atoms with van der Waals surface area (Å²) in [7, 11) is 0. The number of rotatable bonds is 5. The molecule has 2 rings (SSSR count). The zero-order valence-electron chi connectivity index (χ0n) is 11.5. The first kappa shape index (κ1) is 17.5. The fraction of sp³-hybridized carbons (Fsp3) is 0.188. The molecule has 0 spiro atoms. The van der Waals surface area contributed by atoms with Crippen LogP contribution in [-0.4, -0.2) is 15.1 Å². The van der Waals surface area contributed by atoms with Crippen molar-refractivity contribution in [1.82, 2.24) is 5.32 Å². The average Bonchev–Trinajstić information content (AvgIpc) is 2.48. The Balaban J connectivity index is 2.02. The Labute approximate surface area is 149 Å². The van der Waals surface area contributed by atoms with E-state index < -0.39 is 9.17 Å². The number of amides is 1. The van der Waals surface area contributed by atoms with Crippen LogP contribution >= 0.6 is 46.6 Å². The minimum atomic E-state index is -1.60. The summed E-state index contributed by atoms with van der Waals surface area (Å²) in [4.78, 5) is 13.1. The minimum Gasteiger partial charge on any atom is -0.340 e. The molecule has 2 aromatic carbocycles. The van der Waals surface area contributed by atoms with Crippen molar-refractivity contribution in [1.29, 1.82) is 0 Å². The lowest BCUT2D eigenvalue weighted by Gasteiger charge is -2.25. The lowest BCUT2D eigenvalue weighted by molar-refractivity contribution is -0.120. The summed E-state index contributed by atoms with van der Waals surface area (Å²) in [5, 5.41) is 2.11. The number of hydrogen-bond acceptors (Lipinski definition) is 2. The third-order valence-corrected chi connectivity index (χ3v) is 5.09. The van der Waals surface area contributed by atoms with Gasteiger partial charge in [-0.2, -0.15) is 0 Å². The molecule has 22 heavy (non-hydrogen) atoms. The van der Waals surface area contributed by atoms with E-state index in [4.69, 9.17) is 34.8 Å². The number of halogens is 3. The van der Waals surface area contributed by atoms with E-state index in [0.717, 1.165) is 10.5 Å². The largest absolute Gasteiger partial charge is 0.340 e. The second-order valence-electron chi connectivity index (χ2n) is 4.58. The molecule has 0 radical (unpaired) electrons. The second-order valence-corrected chi connectivity index (χ2v) is 8.13. The maximum atomic E-state index is 12.2. The summed E-state index contributed by atoms with van der Waals surface area (Å²) in [6.07, 6.45) is 0.243. The molecule has 0 aliphatic carbocycles. The molecule has 116 valence electrons. The molecule has 1 N–H and O–H groups in total. The number of thioether (sulfide) groups is 1. The molecular formula is C16H14Cl3NOS. The van der Waals surface area contributed by atoms with E-state index >= 15 is 0 Å². The first-order valence-corrected chi connectivity index (χ1v) is 8.58. The van der Waals surface area contributed by atoms with E-state index in [0.29, 0.717) is 0 Å². The van der Waals surface area contributed by atoms with E-state index in [9.17, 15) is 4.79 Å². The predicted molar refractivity (Wildman–Crippen MR) is 94.7 cm³/mol. The van der Waals surface area contributed by atoms with Crippen molar-refractivity contribution in [2.45, 2.75) is 20.5 Å². The summed E-state index contributed by atoms with van der Waals surface area (Å²) in [6.45, 7) is 0. The molecular weight excluding hydrogens is 361 g/mol. The van der Waals surface area contributed by atoms with Gasteiger partial charge in [0.25, 0.3) is 0 Å². The van der Waals surface area contributed by atoms with Crippen molar-refractivity contribution in [2.24, 2.45) is 0 Å². The fourth-order valence-electron chi connectivity index (χ4n) is 1.79. The molecule has 2 aromatic rings. The van der Waals surface area contributed by atoms with Crippen molar-refractivity contribution in [3.63, 3.8) is 0 Å². The molecule has 0 fully saturated rings. The molecule has 1 amide bonds. The van der Waals surface area contributed by atoms with Crippen LogP contribution in [0, 0.1) is 0 Å². The van der Waals surface area contributed by atoms with Crippen LogP contribution in [0.15, 0.2) is 65.6 Å². The summed E-state index contributed by atoms with van der Waals surface area (Å²) < 4.78 is -1.60. The van der Waals surface area contributed by atoms with Crippen molar-refractivity contribution in [3.05, 3.63) is 66.2 Å². The molecule has 6 heteroatoms. The molecule has 0 aliphatic rings. The Morgan fingerprint density at radius 2 is 1.55 bits per heavy atom. The van der Waals surface area contributed by atoms with Crippen molar-refractivity contribution in [3.8, 4) is 0 Å². The first-order valence-electron chi connectivity index (χ1n) is 6.57. The standard InChI is InChI=1S/C16H14Cl3NOS/c17-16(18,19)15(22-13-9-5-2-6-10-13)20-14(21)11-12-7-3-1-4-8-12/h1-10,15H,11H2,(H,20,21). The average molecular weight is 375 g/mol. The second kappa shape index (κ2) is 8.11. The number of alkyl halides is 3. The highest BCUT2D eigenvalue weighted by molar-refractivity contribution is 8.00. The summed E-state index contributed by atoms with van der Waals surface area (Å²) in [6, 6.07) is 18.9. The number of benzene rings is 2. The first-order chi connectivity index (χ1) is 10.4. The summed E-state index contributed by atoms with van der Waals surface area (Å²) in [5.41, 5.74) is 0.910. The zero-order chi connectivity index (χ0) is 16.0. The lowest BCUT2D eigenvalue weighted by atomic mass is 10.1. The maximum Gasteiger partial charge on any atom is 0.225 e. The quantitative estimate of drug-likeness (QED) is 0.461. The smallest absolute Gasteiger partial charge is 0.225 e. The summed E-state index contributed by atoms with van der Waals surface area (Å²) >= 11 is 19.3. The Morgan fingerprint density at radius 3 is 2.09 bits per heavy atom. The van der Waals surface area contributed by atoms with Gasteiger partial charge in [0, 0.05) is 4.90 Å². The highest BCUT2D eigenvalue weighted by atomic mass is 35.6. The van der Waals surface area contributed by atoms with Crippen LogP contribution in [0.5, 0.6) is 0 Å². The van der Waals surface area contributed by atoms with Crippen LogP contribution in [-0.2, 0) is 11.2 Å². The third kappa shape index (κ3) is 5.73. The van der Waals surface area contributed by atoms with Gasteiger partial charge < -0.3 is 5.32 Å². The number of hydrogen-bond donors (Lipinski definition) is 1. The van der Waals surface area contributed by atoms with E-state index in [1.54, 1.807) is 0 Å². The van der Waals surface area contributed by atoms with Gasteiger partial charge in [0.05, 0.1) is 6.42 Å². The molecule has 1 atom stereocenters. The zero-order valence-corrected chi connectivity index (χ0v) is 14.6. The maximum absolute atomic E-state index is 12.2. The van der Waals surface area contributed by atoms with Crippen LogP contribution < -0.4 is 5.32 Å². The Hall–Kier alpha value is -0.870. The van der Waals surface area contributed by atoms with Gasteiger partial charge in [0.2, 0.25) is 9.70 Å². The fourth-order valence-corrected chi connectivity index (χ4v) is 3.27. The molecule has 1 unspecified atom stereocenters. The lowest BCUT2D eigenvalue weighted by Crippen LogP contribution is -2.42. The minimum absolute atomic E-state index is 0.189. The van der Waals surface area contributed by atoms with E-state index in [2.05, 4.69) is 5.32 Å². The highest BCUT2D eigenvalue weighted by Crippen LogP contribution is 2.39. The van der Waals surface area contributed by atoms with Gasteiger partial charge in [-0.3, -0.25) is 4.79 Å². The van der Waals surface area contributed by atoms with Crippen molar-refractivity contribution >= 4 is 52.5 Å². The highest BCUT2D eigenvalue weighted by Gasteiger charge is 2.34. The molecule has 0 saturated carbocycles. The monoisotopic (exact) mass is 373 g/mol. The van der Waals surface area contributed by atoms with Gasteiger partial charge >= 0.3 is 0 Å². The van der Waals surface area contributed by atoms with E-state index in [1.807, 2.05) is 60.7 Å². The van der Waals surface area contributed by atoms with Crippen molar-refractivity contribution < 1.29 is 4.79 Å². The molecule has 0 aromatic heterocycles. The Kier molecular flexibility index (Phi) is 6.45. The molecule has 0 bridgehead atoms.